The zero-order valence-corrected chi connectivity index (χ0v) is 7.52. The van der Waals surface area contributed by atoms with Crippen LogP contribution < -0.4 is 0 Å². The maximum atomic E-state index is 10.6. The molecule has 1 radical (unpaired) electrons. The summed E-state index contributed by atoms with van der Waals surface area (Å²) in [5.74, 6) is 0.124. The van der Waals surface area contributed by atoms with Crippen LogP contribution >= 0.6 is 0 Å². The lowest BCUT2D eigenvalue weighted by Gasteiger charge is -2.07. The Morgan fingerprint density at radius 2 is 2.00 bits per heavy atom. The van der Waals surface area contributed by atoms with Crippen molar-refractivity contribution in [3.63, 3.8) is 0 Å². The molecule has 0 aromatic rings. The molecule has 0 spiro atoms. The van der Waals surface area contributed by atoms with Crippen molar-refractivity contribution in [3.05, 3.63) is 0 Å². The van der Waals surface area contributed by atoms with Crippen LogP contribution in [-0.4, -0.2) is 45.3 Å². The van der Waals surface area contributed by atoms with E-state index in [0.717, 1.165) is 0 Å². The quantitative estimate of drug-likeness (QED) is 0.529. The van der Waals surface area contributed by atoms with E-state index in [1.54, 1.807) is 13.5 Å². The van der Waals surface area contributed by atoms with Gasteiger partial charge in [0.1, 0.15) is 9.84 Å². The van der Waals surface area contributed by atoms with Gasteiger partial charge in [-0.25, -0.2) is 8.42 Å². The van der Waals surface area contributed by atoms with Gasteiger partial charge in [-0.3, -0.25) is 4.79 Å². The zero-order chi connectivity index (χ0) is 8.91. The average molecular weight is 178 g/mol. The maximum Gasteiger partial charge on any atom is 0.311 e. The van der Waals surface area contributed by atoms with Crippen LogP contribution in [0, 0.1) is 0 Å². The van der Waals surface area contributed by atoms with Gasteiger partial charge in [-0.1, -0.05) is 0 Å². The zero-order valence-electron chi connectivity index (χ0n) is 6.70. The second-order valence-electron chi connectivity index (χ2n) is 2.50. The molecule has 0 aromatic carbocycles. The topological polar surface area (TPSA) is 54.5 Å². The third-order valence-corrected chi connectivity index (χ3v) is 2.19. The van der Waals surface area contributed by atoms with E-state index in [0.29, 0.717) is 13.0 Å². The standard InChI is InChI=1S/C6H12NO3S/c1-7(6-8)4-3-5-11(2,9)10/h3-5H2,1-2H3. The second kappa shape index (κ2) is 4.33. The van der Waals surface area contributed by atoms with E-state index in [4.69, 9.17) is 0 Å². The molecule has 0 bridgehead atoms. The largest absolute Gasteiger partial charge is 0.337 e. The minimum Gasteiger partial charge on any atom is -0.337 e. The second-order valence-corrected chi connectivity index (χ2v) is 4.76. The third-order valence-electron chi connectivity index (χ3n) is 1.16. The lowest BCUT2D eigenvalue weighted by Crippen LogP contribution is -2.19. The Morgan fingerprint density at radius 1 is 1.45 bits per heavy atom. The highest BCUT2D eigenvalue weighted by atomic mass is 32.2. The minimum atomic E-state index is -2.88. The van der Waals surface area contributed by atoms with Crippen LogP contribution in [0.1, 0.15) is 6.42 Å². The Hall–Kier alpha value is -0.580. The van der Waals surface area contributed by atoms with E-state index in [9.17, 15) is 13.2 Å². The maximum absolute atomic E-state index is 10.6. The van der Waals surface area contributed by atoms with Crippen molar-refractivity contribution in [2.45, 2.75) is 6.42 Å². The monoisotopic (exact) mass is 178 g/mol. The fourth-order valence-corrected chi connectivity index (χ4v) is 1.26. The lowest BCUT2D eigenvalue weighted by atomic mass is 10.5. The summed E-state index contributed by atoms with van der Waals surface area (Å²) in [6, 6.07) is 0. The molecule has 0 aromatic heterocycles. The van der Waals surface area contributed by atoms with Crippen LogP contribution in [0.25, 0.3) is 0 Å². The van der Waals surface area contributed by atoms with Gasteiger partial charge in [-0.05, 0) is 6.42 Å². The van der Waals surface area contributed by atoms with Gasteiger partial charge >= 0.3 is 6.41 Å². The molecule has 0 fully saturated rings. The van der Waals surface area contributed by atoms with Crippen LogP contribution in [0.15, 0.2) is 0 Å². The smallest absolute Gasteiger partial charge is 0.311 e. The number of carbonyl (C=O) groups excluding carboxylic acids is 1. The molecule has 0 rings (SSSR count). The molecule has 0 aliphatic rings. The van der Waals surface area contributed by atoms with E-state index in [1.807, 2.05) is 0 Å². The van der Waals surface area contributed by atoms with Crippen LogP contribution in [0.3, 0.4) is 0 Å². The first kappa shape index (κ1) is 10.4. The third kappa shape index (κ3) is 7.32. The van der Waals surface area contributed by atoms with Crippen molar-refractivity contribution in [2.24, 2.45) is 0 Å². The minimum absolute atomic E-state index is 0.124. The van der Waals surface area contributed by atoms with Gasteiger partial charge in [0.15, 0.2) is 0 Å². The number of nitrogens with zero attached hydrogens (tertiary/aromatic N) is 1. The molecule has 11 heavy (non-hydrogen) atoms. The van der Waals surface area contributed by atoms with Crippen LogP contribution in [0.2, 0.25) is 0 Å². The molecule has 1 amide bonds. The fraction of sp³-hybridized carbons (Fsp3) is 0.833. The molecule has 0 aliphatic heterocycles. The van der Waals surface area contributed by atoms with Gasteiger partial charge in [-0.15, -0.1) is 0 Å². The Labute approximate surface area is 67.1 Å². The van der Waals surface area contributed by atoms with Gasteiger partial charge < -0.3 is 4.90 Å². The molecule has 0 aliphatic carbocycles. The molecular formula is C6H12NO3S. The number of sulfone groups is 1. The molecule has 5 heteroatoms. The van der Waals surface area contributed by atoms with Crippen LogP contribution in [0.5, 0.6) is 0 Å². The SMILES string of the molecule is CN([C]=O)CCCS(C)(=O)=O. The van der Waals surface area contributed by atoms with Crippen molar-refractivity contribution >= 4 is 16.2 Å². The predicted octanol–water partition coefficient (Wildman–Crippen LogP) is -0.580. The van der Waals surface area contributed by atoms with Gasteiger partial charge in [0.2, 0.25) is 0 Å². The van der Waals surface area contributed by atoms with Crippen molar-refractivity contribution in [1.29, 1.82) is 0 Å². The van der Waals surface area contributed by atoms with E-state index < -0.39 is 9.84 Å². The molecular weight excluding hydrogens is 166 g/mol. The summed E-state index contributed by atoms with van der Waals surface area (Å²) >= 11 is 0. The first-order valence-electron chi connectivity index (χ1n) is 3.22. The first-order valence-corrected chi connectivity index (χ1v) is 5.28. The number of rotatable bonds is 5. The summed E-state index contributed by atoms with van der Waals surface area (Å²) in [5.41, 5.74) is 0. The molecule has 0 saturated heterocycles. The van der Waals surface area contributed by atoms with E-state index in [-0.39, 0.29) is 5.75 Å². The summed E-state index contributed by atoms with van der Waals surface area (Å²) in [5, 5.41) is 0. The summed E-state index contributed by atoms with van der Waals surface area (Å²) in [6.07, 6.45) is 3.29. The first-order chi connectivity index (χ1) is 4.95. The molecule has 4 nitrogen and oxygen atoms in total. The summed E-state index contributed by atoms with van der Waals surface area (Å²) in [7, 11) is -1.32. The Bertz CT molecular complexity index is 210. The van der Waals surface area contributed by atoms with Gasteiger partial charge in [-0.2, -0.15) is 0 Å². The van der Waals surface area contributed by atoms with Crippen LogP contribution in [-0.2, 0) is 14.6 Å². The lowest BCUT2D eigenvalue weighted by molar-refractivity contribution is 0.433. The molecule has 0 N–H and O–H groups in total. The summed E-state index contributed by atoms with van der Waals surface area (Å²) < 4.78 is 21.2. The van der Waals surface area contributed by atoms with E-state index in [2.05, 4.69) is 0 Å². The van der Waals surface area contributed by atoms with Gasteiger partial charge in [0.05, 0.1) is 5.75 Å². The van der Waals surface area contributed by atoms with Crippen molar-refractivity contribution < 1.29 is 13.2 Å². The fourth-order valence-electron chi connectivity index (χ4n) is 0.610. The summed E-state index contributed by atoms with van der Waals surface area (Å²) in [6.45, 7) is 0.441. The predicted molar refractivity (Wildman–Crippen MR) is 42.7 cm³/mol. The average Bonchev–Trinajstić information content (AvgIpc) is 1.85. The number of hydrogen-bond acceptors (Lipinski definition) is 3. The highest BCUT2D eigenvalue weighted by molar-refractivity contribution is 7.90. The number of amides is 1. The number of hydrogen-bond donors (Lipinski definition) is 0. The van der Waals surface area contributed by atoms with Gasteiger partial charge in [0, 0.05) is 19.8 Å². The van der Waals surface area contributed by atoms with E-state index >= 15 is 0 Å². The van der Waals surface area contributed by atoms with E-state index in [1.165, 1.54) is 11.2 Å². The van der Waals surface area contributed by atoms with Crippen molar-refractivity contribution in [3.8, 4) is 0 Å². The van der Waals surface area contributed by atoms with Gasteiger partial charge in [0.25, 0.3) is 0 Å². The normalized spacial score (nSPS) is 11.1. The van der Waals surface area contributed by atoms with Crippen molar-refractivity contribution in [1.82, 2.24) is 4.90 Å². The summed E-state index contributed by atoms with van der Waals surface area (Å²) in [4.78, 5) is 11.2. The molecule has 65 valence electrons. The Balaban J connectivity index is 3.51. The molecule has 0 atom stereocenters. The molecule has 0 saturated carbocycles. The Morgan fingerprint density at radius 3 is 2.36 bits per heavy atom. The van der Waals surface area contributed by atoms with Crippen LogP contribution in [0.4, 0.5) is 0 Å². The highest BCUT2D eigenvalue weighted by Gasteiger charge is 2.02. The molecule has 0 heterocycles. The Kier molecular flexibility index (Phi) is 4.10. The van der Waals surface area contributed by atoms with Crippen molar-refractivity contribution in [2.75, 3.05) is 25.6 Å². The highest BCUT2D eigenvalue weighted by Crippen LogP contribution is 1.89. The molecule has 0 unspecified atom stereocenters.